The predicted octanol–water partition coefficient (Wildman–Crippen LogP) is 2.30. The summed E-state index contributed by atoms with van der Waals surface area (Å²) in [6.07, 6.45) is 2.94. The first kappa shape index (κ1) is 11.4. The van der Waals surface area contributed by atoms with Gasteiger partial charge in [-0.05, 0) is 24.1 Å². The van der Waals surface area contributed by atoms with Gasteiger partial charge >= 0.3 is 0 Å². The molecule has 16 heavy (non-hydrogen) atoms. The number of hydrogen-bond donors (Lipinski definition) is 1. The van der Waals surface area contributed by atoms with Crippen LogP contribution in [-0.4, -0.2) is 16.3 Å². The van der Waals surface area contributed by atoms with E-state index < -0.39 is 0 Å². The second kappa shape index (κ2) is 5.82. The van der Waals surface area contributed by atoms with Gasteiger partial charge in [0.1, 0.15) is 0 Å². The van der Waals surface area contributed by atoms with Crippen LogP contribution < -0.4 is 5.32 Å². The first-order valence-electron chi connectivity index (χ1n) is 5.64. The van der Waals surface area contributed by atoms with E-state index in [9.17, 15) is 0 Å². The van der Waals surface area contributed by atoms with Gasteiger partial charge in [-0.15, -0.1) is 11.3 Å². The number of aryl methyl sites for hydroxylation is 2. The Hall–Kier alpha value is -1.13. The molecule has 2 aromatic heterocycles. The summed E-state index contributed by atoms with van der Waals surface area (Å²) in [6, 6.07) is 6.36. The summed E-state index contributed by atoms with van der Waals surface area (Å²) in [5.74, 6) is 0. The first-order chi connectivity index (χ1) is 7.90. The predicted molar refractivity (Wildman–Crippen MR) is 67.6 cm³/mol. The van der Waals surface area contributed by atoms with Crippen LogP contribution in [0.3, 0.4) is 0 Å². The monoisotopic (exact) mass is 235 g/mol. The summed E-state index contributed by atoms with van der Waals surface area (Å²) < 4.78 is 2.09. The standard InChI is InChI=1S/C12H17N3S/c1-2-13-10-11-5-7-14-15(11)8-6-12-4-3-9-16-12/h3-5,7,9,13H,2,6,8,10H2,1H3. The van der Waals surface area contributed by atoms with Crippen molar-refractivity contribution in [3.05, 3.63) is 40.3 Å². The van der Waals surface area contributed by atoms with Gasteiger partial charge in [0.05, 0.1) is 5.69 Å². The molecule has 0 fully saturated rings. The Morgan fingerprint density at radius 1 is 1.44 bits per heavy atom. The third kappa shape index (κ3) is 2.93. The molecule has 4 heteroatoms. The number of nitrogens with one attached hydrogen (secondary N) is 1. The highest BCUT2D eigenvalue weighted by atomic mass is 32.1. The maximum atomic E-state index is 4.35. The fourth-order valence-corrected chi connectivity index (χ4v) is 2.33. The van der Waals surface area contributed by atoms with Crippen LogP contribution in [0.15, 0.2) is 29.8 Å². The number of nitrogens with zero attached hydrogens (tertiary/aromatic N) is 2. The SMILES string of the molecule is CCNCc1ccnn1CCc1cccs1. The second-order valence-corrected chi connectivity index (χ2v) is 4.69. The van der Waals surface area contributed by atoms with Gasteiger partial charge in [-0.2, -0.15) is 5.10 Å². The van der Waals surface area contributed by atoms with E-state index in [0.29, 0.717) is 0 Å². The third-order valence-corrected chi connectivity index (χ3v) is 3.45. The Labute approximate surface area is 100 Å². The minimum Gasteiger partial charge on any atom is -0.311 e. The maximum absolute atomic E-state index is 4.35. The molecule has 2 aromatic rings. The molecule has 1 N–H and O–H groups in total. The van der Waals surface area contributed by atoms with Crippen molar-refractivity contribution >= 4 is 11.3 Å². The van der Waals surface area contributed by atoms with Gasteiger partial charge in [0, 0.05) is 30.6 Å². The van der Waals surface area contributed by atoms with Crippen LogP contribution in [0, 0.1) is 0 Å². The molecule has 0 amide bonds. The molecule has 0 bridgehead atoms. The molecule has 0 saturated carbocycles. The number of rotatable bonds is 6. The van der Waals surface area contributed by atoms with Crippen LogP contribution in [0.5, 0.6) is 0 Å². The number of hydrogen-bond acceptors (Lipinski definition) is 3. The minimum absolute atomic E-state index is 0.904. The fraction of sp³-hybridized carbons (Fsp3) is 0.417. The molecule has 0 aliphatic heterocycles. The lowest BCUT2D eigenvalue weighted by molar-refractivity contribution is 0.565. The smallest absolute Gasteiger partial charge is 0.0522 e. The molecule has 0 atom stereocenters. The van der Waals surface area contributed by atoms with E-state index in [4.69, 9.17) is 0 Å². The molecule has 0 spiro atoms. The Bertz CT molecular complexity index is 406. The van der Waals surface area contributed by atoms with Crippen LogP contribution in [0.4, 0.5) is 0 Å². The van der Waals surface area contributed by atoms with Crippen molar-refractivity contribution in [1.82, 2.24) is 15.1 Å². The first-order valence-corrected chi connectivity index (χ1v) is 6.52. The highest BCUT2D eigenvalue weighted by Crippen LogP contribution is 2.10. The lowest BCUT2D eigenvalue weighted by Gasteiger charge is -2.06. The molecule has 0 unspecified atom stereocenters. The number of thiophene rings is 1. The fourth-order valence-electron chi connectivity index (χ4n) is 1.64. The zero-order valence-corrected chi connectivity index (χ0v) is 10.3. The van der Waals surface area contributed by atoms with Gasteiger partial charge in [0.2, 0.25) is 0 Å². The van der Waals surface area contributed by atoms with Crippen LogP contribution >= 0.6 is 11.3 Å². The summed E-state index contributed by atoms with van der Waals surface area (Å²) in [6.45, 7) is 4.98. The van der Waals surface area contributed by atoms with Gasteiger partial charge in [0.25, 0.3) is 0 Å². The van der Waals surface area contributed by atoms with Crippen molar-refractivity contribution in [3.8, 4) is 0 Å². The van der Waals surface area contributed by atoms with Crippen molar-refractivity contribution in [1.29, 1.82) is 0 Å². The third-order valence-electron chi connectivity index (χ3n) is 2.51. The lowest BCUT2D eigenvalue weighted by Crippen LogP contribution is -2.16. The minimum atomic E-state index is 0.904. The van der Waals surface area contributed by atoms with E-state index in [2.05, 4.69) is 45.6 Å². The highest BCUT2D eigenvalue weighted by molar-refractivity contribution is 7.09. The van der Waals surface area contributed by atoms with Crippen LogP contribution in [0.2, 0.25) is 0 Å². The van der Waals surface area contributed by atoms with Gasteiger partial charge in [-0.3, -0.25) is 4.68 Å². The van der Waals surface area contributed by atoms with Crippen molar-refractivity contribution in [3.63, 3.8) is 0 Å². The average molecular weight is 235 g/mol. The molecule has 0 saturated heterocycles. The molecular formula is C12H17N3S. The van der Waals surface area contributed by atoms with Gasteiger partial charge in [-0.1, -0.05) is 13.0 Å². The van der Waals surface area contributed by atoms with Crippen molar-refractivity contribution in [2.24, 2.45) is 0 Å². The largest absolute Gasteiger partial charge is 0.311 e. The Kier molecular flexibility index (Phi) is 4.13. The molecule has 0 aromatic carbocycles. The average Bonchev–Trinajstić information content (AvgIpc) is 2.94. The molecule has 0 radical (unpaired) electrons. The van der Waals surface area contributed by atoms with E-state index in [1.54, 1.807) is 0 Å². The molecule has 2 heterocycles. The van der Waals surface area contributed by atoms with Crippen LogP contribution in [0.1, 0.15) is 17.5 Å². The maximum Gasteiger partial charge on any atom is 0.0522 e. The summed E-state index contributed by atoms with van der Waals surface area (Å²) in [7, 11) is 0. The van der Waals surface area contributed by atoms with E-state index in [0.717, 1.165) is 26.1 Å². The Balaban J connectivity index is 1.91. The normalized spacial score (nSPS) is 10.8. The van der Waals surface area contributed by atoms with E-state index in [1.807, 2.05) is 17.5 Å². The van der Waals surface area contributed by atoms with E-state index in [-0.39, 0.29) is 0 Å². The molecule has 0 aliphatic carbocycles. The summed E-state index contributed by atoms with van der Waals surface area (Å²) in [5.41, 5.74) is 1.26. The van der Waals surface area contributed by atoms with Crippen molar-refractivity contribution in [2.45, 2.75) is 26.4 Å². The Morgan fingerprint density at radius 3 is 3.12 bits per heavy atom. The van der Waals surface area contributed by atoms with Crippen LogP contribution in [0.25, 0.3) is 0 Å². The molecular weight excluding hydrogens is 218 g/mol. The van der Waals surface area contributed by atoms with E-state index in [1.165, 1.54) is 10.6 Å². The Morgan fingerprint density at radius 2 is 2.38 bits per heavy atom. The van der Waals surface area contributed by atoms with Gasteiger partial charge in [0.15, 0.2) is 0 Å². The summed E-state index contributed by atoms with van der Waals surface area (Å²) >= 11 is 1.81. The van der Waals surface area contributed by atoms with Crippen molar-refractivity contribution in [2.75, 3.05) is 6.54 Å². The van der Waals surface area contributed by atoms with Crippen molar-refractivity contribution < 1.29 is 0 Å². The van der Waals surface area contributed by atoms with Gasteiger partial charge in [-0.25, -0.2) is 0 Å². The zero-order valence-electron chi connectivity index (χ0n) is 9.52. The molecule has 2 rings (SSSR count). The molecule has 3 nitrogen and oxygen atoms in total. The lowest BCUT2D eigenvalue weighted by atomic mass is 10.3. The van der Waals surface area contributed by atoms with Crippen LogP contribution in [-0.2, 0) is 19.5 Å². The molecule has 0 aliphatic rings. The number of aromatic nitrogens is 2. The van der Waals surface area contributed by atoms with E-state index >= 15 is 0 Å². The molecule has 86 valence electrons. The summed E-state index contributed by atoms with van der Waals surface area (Å²) in [5, 5.41) is 9.80. The second-order valence-electron chi connectivity index (χ2n) is 3.66. The summed E-state index contributed by atoms with van der Waals surface area (Å²) in [4.78, 5) is 1.42. The topological polar surface area (TPSA) is 29.9 Å². The highest BCUT2D eigenvalue weighted by Gasteiger charge is 2.02. The zero-order chi connectivity index (χ0) is 11.2. The quantitative estimate of drug-likeness (QED) is 0.832. The van der Waals surface area contributed by atoms with Gasteiger partial charge < -0.3 is 5.32 Å².